The van der Waals surface area contributed by atoms with Crippen molar-refractivity contribution in [2.24, 2.45) is 7.05 Å². The van der Waals surface area contributed by atoms with E-state index in [0.717, 1.165) is 27.7 Å². The molecule has 2 heterocycles. The van der Waals surface area contributed by atoms with Crippen LogP contribution in [0.4, 0.5) is 0 Å². The molecule has 0 saturated carbocycles. The highest BCUT2D eigenvalue weighted by molar-refractivity contribution is 7.13. The molecule has 0 saturated heterocycles. The molecule has 1 amide bonds. The van der Waals surface area contributed by atoms with Gasteiger partial charge < -0.3 is 9.88 Å². The quantitative estimate of drug-likeness (QED) is 0.523. The largest absolute Gasteiger partial charge is 0.342 e. The molecule has 0 aliphatic carbocycles. The average Bonchev–Trinajstić information content (AvgIpc) is 3.36. The number of amides is 1. The van der Waals surface area contributed by atoms with Crippen LogP contribution in [0.15, 0.2) is 72.4 Å². The Hall–Kier alpha value is -3.25. The predicted molar refractivity (Wildman–Crippen MR) is 116 cm³/mol. The van der Waals surface area contributed by atoms with Gasteiger partial charge in [0.1, 0.15) is 16.9 Å². The maximum atomic E-state index is 12.8. The van der Waals surface area contributed by atoms with Gasteiger partial charge in [0, 0.05) is 30.4 Å². The van der Waals surface area contributed by atoms with Gasteiger partial charge in [-0.05, 0) is 18.6 Å². The van der Waals surface area contributed by atoms with Crippen molar-refractivity contribution < 1.29 is 4.79 Å². The summed E-state index contributed by atoms with van der Waals surface area (Å²) in [6.45, 7) is 2.06. The number of nitrogens with zero attached hydrogens (tertiary/aromatic N) is 3. The molecule has 2 aromatic heterocycles. The zero-order chi connectivity index (χ0) is 20.2. The number of hydrogen-bond acceptors (Lipinski definition) is 4. The van der Waals surface area contributed by atoms with E-state index in [1.165, 1.54) is 5.56 Å². The number of aryl methyl sites for hydroxylation is 2. The highest BCUT2D eigenvalue weighted by Gasteiger charge is 2.21. The lowest BCUT2D eigenvalue weighted by molar-refractivity contribution is -0.121. The van der Waals surface area contributed by atoms with Gasteiger partial charge in [-0.3, -0.25) is 4.79 Å². The summed E-state index contributed by atoms with van der Waals surface area (Å²) in [7, 11) is 1.93. The second-order valence-electron chi connectivity index (χ2n) is 7.00. The Labute approximate surface area is 174 Å². The first-order valence-electron chi connectivity index (χ1n) is 9.43. The molecule has 5 nitrogen and oxygen atoms in total. The Bertz CT molecular complexity index is 1120. The predicted octanol–water partition coefficient (Wildman–Crippen LogP) is 4.30. The number of carbonyl (C=O) groups is 1. The fourth-order valence-electron chi connectivity index (χ4n) is 3.27. The fourth-order valence-corrected chi connectivity index (χ4v) is 4.09. The van der Waals surface area contributed by atoms with Crippen molar-refractivity contribution in [3.8, 4) is 10.6 Å². The molecule has 2 aromatic carbocycles. The van der Waals surface area contributed by atoms with Gasteiger partial charge in [-0.1, -0.05) is 54.1 Å². The molecule has 1 unspecified atom stereocenters. The minimum absolute atomic E-state index is 0.0806. The van der Waals surface area contributed by atoms with E-state index in [2.05, 4.69) is 34.3 Å². The topological polar surface area (TPSA) is 59.8 Å². The standard InChI is InChI=1S/C23H22N4OS/c1-16-7-6-10-18(13-16)23-25-19(15-29-23)14-20(28)26-21(17-8-4-3-5-9-17)22-24-11-12-27(22)2/h3-13,15,21H,14H2,1-2H3,(H,26,28). The Morgan fingerprint density at radius 3 is 2.72 bits per heavy atom. The summed E-state index contributed by atoms with van der Waals surface area (Å²) >= 11 is 1.56. The summed E-state index contributed by atoms with van der Waals surface area (Å²) in [5.41, 5.74) is 4.04. The van der Waals surface area contributed by atoms with Crippen molar-refractivity contribution in [3.63, 3.8) is 0 Å². The van der Waals surface area contributed by atoms with Crippen molar-refractivity contribution in [1.82, 2.24) is 19.9 Å². The van der Waals surface area contributed by atoms with Crippen molar-refractivity contribution in [2.75, 3.05) is 0 Å². The number of carbonyl (C=O) groups excluding carboxylic acids is 1. The second kappa shape index (κ2) is 8.41. The Balaban J connectivity index is 1.51. The fraction of sp³-hybridized carbons (Fsp3) is 0.174. The van der Waals surface area contributed by atoms with Crippen LogP contribution in [0, 0.1) is 6.92 Å². The molecular formula is C23H22N4OS. The van der Waals surface area contributed by atoms with Crippen LogP contribution in [0.5, 0.6) is 0 Å². The van der Waals surface area contributed by atoms with E-state index in [-0.39, 0.29) is 18.4 Å². The van der Waals surface area contributed by atoms with Crippen LogP contribution in [0.2, 0.25) is 0 Å². The van der Waals surface area contributed by atoms with Gasteiger partial charge in [0.2, 0.25) is 5.91 Å². The summed E-state index contributed by atoms with van der Waals surface area (Å²) in [5.74, 6) is 0.714. The van der Waals surface area contributed by atoms with Gasteiger partial charge >= 0.3 is 0 Å². The van der Waals surface area contributed by atoms with Crippen LogP contribution in [-0.2, 0) is 18.3 Å². The van der Waals surface area contributed by atoms with Crippen LogP contribution in [0.3, 0.4) is 0 Å². The van der Waals surface area contributed by atoms with Crippen LogP contribution in [0.1, 0.15) is 28.7 Å². The van der Waals surface area contributed by atoms with Gasteiger partial charge in [-0.15, -0.1) is 11.3 Å². The lowest BCUT2D eigenvalue weighted by Gasteiger charge is -2.19. The van der Waals surface area contributed by atoms with Crippen molar-refractivity contribution in [3.05, 3.63) is 95.0 Å². The van der Waals surface area contributed by atoms with Crippen molar-refractivity contribution in [2.45, 2.75) is 19.4 Å². The number of aromatic nitrogens is 3. The first kappa shape index (κ1) is 19.1. The normalized spacial score (nSPS) is 11.9. The molecular weight excluding hydrogens is 380 g/mol. The minimum Gasteiger partial charge on any atom is -0.342 e. The van der Waals surface area contributed by atoms with Crippen LogP contribution in [-0.4, -0.2) is 20.4 Å². The van der Waals surface area contributed by atoms with Crippen molar-refractivity contribution in [1.29, 1.82) is 0 Å². The number of hydrogen-bond donors (Lipinski definition) is 1. The van der Waals surface area contributed by atoms with E-state index in [1.807, 2.05) is 65.7 Å². The molecule has 6 heteroatoms. The van der Waals surface area contributed by atoms with E-state index < -0.39 is 0 Å². The molecule has 0 radical (unpaired) electrons. The van der Waals surface area contributed by atoms with E-state index in [1.54, 1.807) is 17.5 Å². The third-order valence-electron chi connectivity index (χ3n) is 4.71. The molecule has 29 heavy (non-hydrogen) atoms. The van der Waals surface area contributed by atoms with E-state index in [4.69, 9.17) is 0 Å². The molecule has 0 spiro atoms. The minimum atomic E-state index is -0.307. The van der Waals surface area contributed by atoms with Crippen LogP contribution in [0.25, 0.3) is 10.6 Å². The second-order valence-corrected chi connectivity index (χ2v) is 7.86. The first-order valence-corrected chi connectivity index (χ1v) is 10.3. The molecule has 0 bridgehead atoms. The SMILES string of the molecule is Cc1cccc(-c2nc(CC(=O)NC(c3ccccc3)c3nccn3C)cs2)c1. The van der Waals surface area contributed by atoms with Gasteiger partial charge in [-0.2, -0.15) is 0 Å². The summed E-state index contributed by atoms with van der Waals surface area (Å²) in [6.07, 6.45) is 3.86. The van der Waals surface area contributed by atoms with E-state index in [0.29, 0.717) is 0 Å². The summed E-state index contributed by atoms with van der Waals surface area (Å²) in [6, 6.07) is 17.8. The van der Waals surface area contributed by atoms with Gasteiger partial charge in [0.15, 0.2) is 0 Å². The molecule has 0 aliphatic heterocycles. The number of thiazole rings is 1. The molecule has 1 N–H and O–H groups in total. The lowest BCUT2D eigenvalue weighted by atomic mass is 10.1. The van der Waals surface area contributed by atoms with Gasteiger partial charge in [-0.25, -0.2) is 9.97 Å². The Morgan fingerprint density at radius 1 is 1.17 bits per heavy atom. The zero-order valence-corrected chi connectivity index (χ0v) is 17.2. The smallest absolute Gasteiger partial charge is 0.226 e. The third kappa shape index (κ3) is 4.43. The highest BCUT2D eigenvalue weighted by atomic mass is 32.1. The molecule has 0 fully saturated rings. The van der Waals surface area contributed by atoms with Crippen LogP contribution < -0.4 is 5.32 Å². The molecule has 1 atom stereocenters. The number of imidazole rings is 1. The maximum Gasteiger partial charge on any atom is 0.226 e. The third-order valence-corrected chi connectivity index (χ3v) is 5.65. The summed E-state index contributed by atoms with van der Waals surface area (Å²) < 4.78 is 1.93. The van der Waals surface area contributed by atoms with Crippen LogP contribution >= 0.6 is 11.3 Å². The Kier molecular flexibility index (Phi) is 5.53. The van der Waals surface area contributed by atoms with Crippen molar-refractivity contribution >= 4 is 17.2 Å². The average molecular weight is 403 g/mol. The number of nitrogens with one attached hydrogen (secondary N) is 1. The molecule has 146 valence electrons. The highest BCUT2D eigenvalue weighted by Crippen LogP contribution is 2.25. The number of rotatable bonds is 6. The lowest BCUT2D eigenvalue weighted by Crippen LogP contribution is -2.32. The molecule has 0 aliphatic rings. The molecule has 4 aromatic rings. The van der Waals surface area contributed by atoms with E-state index >= 15 is 0 Å². The first-order chi connectivity index (χ1) is 14.1. The Morgan fingerprint density at radius 2 is 2.00 bits per heavy atom. The van der Waals surface area contributed by atoms with Gasteiger partial charge in [0.25, 0.3) is 0 Å². The van der Waals surface area contributed by atoms with Gasteiger partial charge in [0.05, 0.1) is 12.1 Å². The summed E-state index contributed by atoms with van der Waals surface area (Å²) in [5, 5.41) is 6.01. The maximum absolute atomic E-state index is 12.8. The molecule has 4 rings (SSSR count). The zero-order valence-electron chi connectivity index (χ0n) is 16.4. The van der Waals surface area contributed by atoms with E-state index in [9.17, 15) is 4.79 Å². The summed E-state index contributed by atoms with van der Waals surface area (Å²) in [4.78, 5) is 21.9. The number of benzene rings is 2. The monoisotopic (exact) mass is 402 g/mol.